The van der Waals surface area contributed by atoms with Gasteiger partial charge in [-0.05, 0) is 25.2 Å². The molecule has 1 aliphatic carbocycles. The van der Waals surface area contributed by atoms with E-state index in [0.29, 0.717) is 12.3 Å². The van der Waals surface area contributed by atoms with Gasteiger partial charge >= 0.3 is 5.97 Å². The Bertz CT molecular complexity index is 397. The Labute approximate surface area is 108 Å². The van der Waals surface area contributed by atoms with E-state index in [9.17, 15) is 4.79 Å². The summed E-state index contributed by atoms with van der Waals surface area (Å²) in [6.07, 6.45) is 12.7. The zero-order chi connectivity index (χ0) is 12.2. The molecule has 3 fully saturated rings. The molecule has 0 aromatic rings. The summed E-state index contributed by atoms with van der Waals surface area (Å²) in [5.41, 5.74) is -0.0293. The molecule has 4 unspecified atom stereocenters. The van der Waals surface area contributed by atoms with Crippen molar-refractivity contribution in [3.8, 4) is 0 Å². The molecule has 0 N–H and O–H groups in total. The first kappa shape index (κ1) is 11.0. The van der Waals surface area contributed by atoms with Gasteiger partial charge in [0.2, 0.25) is 0 Å². The summed E-state index contributed by atoms with van der Waals surface area (Å²) in [5.74, 6) is 0.566. The number of carbonyl (C=O) groups excluding carboxylic acids is 1. The molecular formula is C15H20O3. The van der Waals surface area contributed by atoms with Crippen molar-refractivity contribution in [2.45, 2.75) is 63.3 Å². The van der Waals surface area contributed by atoms with Crippen molar-refractivity contribution in [1.29, 1.82) is 0 Å². The Hall–Kier alpha value is -0.830. The van der Waals surface area contributed by atoms with Crippen LogP contribution in [0.15, 0.2) is 12.2 Å². The third-order valence-electron chi connectivity index (χ3n) is 5.35. The highest BCUT2D eigenvalue weighted by Crippen LogP contribution is 2.56. The molecule has 2 bridgehead atoms. The van der Waals surface area contributed by atoms with E-state index in [1.807, 2.05) is 0 Å². The predicted molar refractivity (Wildman–Crippen MR) is 65.9 cm³/mol. The maximum absolute atomic E-state index is 11.8. The van der Waals surface area contributed by atoms with Crippen LogP contribution in [-0.4, -0.2) is 24.3 Å². The van der Waals surface area contributed by atoms with Crippen LogP contribution in [0.5, 0.6) is 0 Å². The number of hydrogen-bond acceptors (Lipinski definition) is 3. The average molecular weight is 248 g/mol. The van der Waals surface area contributed by atoms with Gasteiger partial charge in [-0.25, -0.2) is 0 Å². The number of cyclic esters (lactones) is 1. The van der Waals surface area contributed by atoms with Crippen molar-refractivity contribution in [1.82, 2.24) is 0 Å². The second kappa shape index (κ2) is 3.83. The lowest BCUT2D eigenvalue weighted by Crippen LogP contribution is -2.43. The van der Waals surface area contributed by atoms with Crippen LogP contribution in [-0.2, 0) is 14.3 Å². The Morgan fingerprint density at radius 1 is 1.17 bits per heavy atom. The summed E-state index contributed by atoms with van der Waals surface area (Å²) < 4.78 is 11.7. The Morgan fingerprint density at radius 2 is 2.00 bits per heavy atom. The van der Waals surface area contributed by atoms with Gasteiger partial charge in [0.1, 0.15) is 6.10 Å². The summed E-state index contributed by atoms with van der Waals surface area (Å²) in [5, 5.41) is 0. The standard InChI is InChI=1S/C15H20O3/c16-13-9-15(8-11-6-7-12(15)17-11)14(18-13)10-4-2-1-3-5-10/h6-7,10-12,14H,1-5,8-9H2. The van der Waals surface area contributed by atoms with Crippen molar-refractivity contribution in [3.05, 3.63) is 12.2 Å². The average Bonchev–Trinajstić information content (AvgIpc) is 3.05. The second-order valence-corrected chi connectivity index (χ2v) is 6.40. The molecule has 0 radical (unpaired) electrons. The number of carbonyl (C=O) groups is 1. The highest BCUT2D eigenvalue weighted by Gasteiger charge is 2.61. The molecule has 0 aromatic carbocycles. The molecule has 4 atom stereocenters. The molecule has 3 nitrogen and oxygen atoms in total. The minimum atomic E-state index is -0.0293. The summed E-state index contributed by atoms with van der Waals surface area (Å²) in [7, 11) is 0. The van der Waals surface area contributed by atoms with Crippen LogP contribution in [0.1, 0.15) is 44.9 Å². The lowest BCUT2D eigenvalue weighted by atomic mass is 9.66. The van der Waals surface area contributed by atoms with E-state index in [4.69, 9.17) is 9.47 Å². The largest absolute Gasteiger partial charge is 0.461 e. The zero-order valence-electron chi connectivity index (χ0n) is 10.6. The third-order valence-corrected chi connectivity index (χ3v) is 5.35. The van der Waals surface area contributed by atoms with Crippen LogP contribution in [0, 0.1) is 11.3 Å². The monoisotopic (exact) mass is 248 g/mol. The third kappa shape index (κ3) is 1.43. The van der Waals surface area contributed by atoms with Gasteiger partial charge in [-0.3, -0.25) is 4.79 Å². The SMILES string of the molecule is O=C1CC2(CC3C=CC2O3)C(C2CCCCC2)O1. The fourth-order valence-electron chi connectivity index (χ4n) is 4.56. The van der Waals surface area contributed by atoms with Crippen LogP contribution >= 0.6 is 0 Å². The smallest absolute Gasteiger partial charge is 0.306 e. The maximum Gasteiger partial charge on any atom is 0.306 e. The van der Waals surface area contributed by atoms with Gasteiger partial charge in [-0.15, -0.1) is 0 Å². The summed E-state index contributed by atoms with van der Waals surface area (Å²) >= 11 is 0. The Morgan fingerprint density at radius 3 is 2.67 bits per heavy atom. The second-order valence-electron chi connectivity index (χ2n) is 6.40. The minimum absolute atomic E-state index is 0.00452. The van der Waals surface area contributed by atoms with Gasteiger partial charge in [0, 0.05) is 0 Å². The first-order valence-electron chi connectivity index (χ1n) is 7.31. The molecule has 4 aliphatic rings. The van der Waals surface area contributed by atoms with Crippen LogP contribution < -0.4 is 0 Å². The van der Waals surface area contributed by atoms with Crippen LogP contribution in [0.2, 0.25) is 0 Å². The lowest BCUT2D eigenvalue weighted by Gasteiger charge is -2.38. The van der Waals surface area contributed by atoms with Gasteiger partial charge in [0.25, 0.3) is 0 Å². The zero-order valence-corrected chi connectivity index (χ0v) is 10.6. The van der Waals surface area contributed by atoms with Crippen molar-refractivity contribution < 1.29 is 14.3 Å². The number of rotatable bonds is 1. The highest BCUT2D eigenvalue weighted by atomic mass is 16.6. The van der Waals surface area contributed by atoms with E-state index < -0.39 is 0 Å². The predicted octanol–water partition coefficient (Wildman–Crippen LogP) is 2.60. The molecule has 2 saturated heterocycles. The normalized spacial score (nSPS) is 47.1. The van der Waals surface area contributed by atoms with Crippen molar-refractivity contribution in [2.24, 2.45) is 11.3 Å². The topological polar surface area (TPSA) is 35.5 Å². The van der Waals surface area contributed by atoms with E-state index in [0.717, 1.165) is 6.42 Å². The van der Waals surface area contributed by atoms with E-state index in [1.165, 1.54) is 32.1 Å². The summed E-state index contributed by atoms with van der Waals surface area (Å²) in [4.78, 5) is 11.8. The van der Waals surface area contributed by atoms with Gasteiger partial charge < -0.3 is 9.47 Å². The molecule has 4 rings (SSSR count). The van der Waals surface area contributed by atoms with Crippen LogP contribution in [0.3, 0.4) is 0 Å². The summed E-state index contributed by atoms with van der Waals surface area (Å²) in [6, 6.07) is 0. The fraction of sp³-hybridized carbons (Fsp3) is 0.800. The molecule has 3 heteroatoms. The molecule has 0 aromatic heterocycles. The van der Waals surface area contributed by atoms with Crippen molar-refractivity contribution in [2.75, 3.05) is 0 Å². The number of hydrogen-bond donors (Lipinski definition) is 0. The van der Waals surface area contributed by atoms with E-state index in [1.54, 1.807) is 0 Å². The molecular weight excluding hydrogens is 228 g/mol. The number of esters is 1. The first-order valence-corrected chi connectivity index (χ1v) is 7.31. The first-order chi connectivity index (χ1) is 8.78. The van der Waals surface area contributed by atoms with Gasteiger partial charge in [0.15, 0.2) is 0 Å². The van der Waals surface area contributed by atoms with Gasteiger partial charge in [-0.2, -0.15) is 0 Å². The van der Waals surface area contributed by atoms with Crippen LogP contribution in [0.25, 0.3) is 0 Å². The number of ether oxygens (including phenoxy) is 2. The maximum atomic E-state index is 11.8. The number of fused-ring (bicyclic) bond motifs is 3. The van der Waals surface area contributed by atoms with Gasteiger partial charge in [0.05, 0.1) is 24.0 Å². The van der Waals surface area contributed by atoms with E-state index >= 15 is 0 Å². The summed E-state index contributed by atoms with van der Waals surface area (Å²) in [6.45, 7) is 0. The van der Waals surface area contributed by atoms with Crippen molar-refractivity contribution >= 4 is 5.97 Å². The van der Waals surface area contributed by atoms with Gasteiger partial charge in [-0.1, -0.05) is 31.4 Å². The van der Waals surface area contributed by atoms with Crippen LogP contribution in [0.4, 0.5) is 0 Å². The molecule has 1 saturated carbocycles. The molecule has 1 spiro atoms. The molecule has 3 aliphatic heterocycles. The quantitative estimate of drug-likeness (QED) is 0.528. The van der Waals surface area contributed by atoms with Crippen molar-refractivity contribution in [3.63, 3.8) is 0 Å². The Kier molecular flexibility index (Phi) is 2.35. The minimum Gasteiger partial charge on any atom is -0.461 e. The fourth-order valence-corrected chi connectivity index (χ4v) is 4.56. The Balaban J connectivity index is 1.64. The molecule has 98 valence electrons. The van der Waals surface area contributed by atoms with E-state index in [-0.39, 0.29) is 29.7 Å². The molecule has 0 amide bonds. The molecule has 18 heavy (non-hydrogen) atoms. The highest BCUT2D eigenvalue weighted by molar-refractivity contribution is 5.73. The van der Waals surface area contributed by atoms with E-state index in [2.05, 4.69) is 12.2 Å². The molecule has 3 heterocycles. The lowest BCUT2D eigenvalue weighted by molar-refractivity contribution is -0.144.